The third-order valence-electron chi connectivity index (χ3n) is 7.39. The van der Waals surface area contributed by atoms with E-state index in [9.17, 15) is 0 Å². The smallest absolute Gasteiger partial charge is 0.191 e. The van der Waals surface area contributed by atoms with Gasteiger partial charge >= 0.3 is 0 Å². The van der Waals surface area contributed by atoms with Crippen LogP contribution in [0.5, 0.6) is 0 Å². The molecule has 2 unspecified atom stereocenters. The number of benzene rings is 1. The monoisotopic (exact) mass is 418 g/mol. The van der Waals surface area contributed by atoms with Crippen LogP contribution in [-0.2, 0) is 10.2 Å². The summed E-state index contributed by atoms with van der Waals surface area (Å²) in [6.07, 6.45) is 8.38. The predicted octanol–water partition coefficient (Wildman–Crippen LogP) is 3.57. The molecule has 2 atom stereocenters. The molecule has 3 heterocycles. The van der Waals surface area contributed by atoms with Gasteiger partial charge in [-0.3, -0.25) is 4.99 Å². The lowest BCUT2D eigenvalue weighted by molar-refractivity contribution is 0.0498. The van der Waals surface area contributed by atoms with Gasteiger partial charge in [-0.1, -0.05) is 36.2 Å². The second-order valence-electron chi connectivity index (χ2n) is 9.02. The zero-order valence-corrected chi connectivity index (χ0v) is 18.5. The molecular formula is C23H35ClN4O. The Labute approximate surface area is 180 Å². The van der Waals surface area contributed by atoms with Crippen LogP contribution in [0.3, 0.4) is 0 Å². The molecule has 2 bridgehead atoms. The number of ether oxygens (including phenoxy) is 1. The van der Waals surface area contributed by atoms with Gasteiger partial charge in [0.25, 0.3) is 0 Å². The SMILES string of the molecule is CN=C(NCC1(c2ccccc2Cl)CCOCC1)NC1CC2CCCC(C1)N2C. The lowest BCUT2D eigenvalue weighted by Gasteiger charge is -2.47. The summed E-state index contributed by atoms with van der Waals surface area (Å²) in [4.78, 5) is 7.15. The van der Waals surface area contributed by atoms with Crippen LogP contribution in [0.4, 0.5) is 0 Å². The summed E-state index contributed by atoms with van der Waals surface area (Å²) in [6, 6.07) is 10.2. The number of guanidine groups is 1. The van der Waals surface area contributed by atoms with Crippen molar-refractivity contribution in [3.63, 3.8) is 0 Å². The number of piperidine rings is 2. The number of halogens is 1. The van der Waals surface area contributed by atoms with Crippen molar-refractivity contribution in [2.24, 2.45) is 4.99 Å². The third-order valence-corrected chi connectivity index (χ3v) is 7.72. The molecule has 0 aliphatic carbocycles. The van der Waals surface area contributed by atoms with Gasteiger partial charge in [0.2, 0.25) is 0 Å². The number of hydrogen-bond acceptors (Lipinski definition) is 3. The van der Waals surface area contributed by atoms with E-state index >= 15 is 0 Å². The van der Waals surface area contributed by atoms with Gasteiger partial charge < -0.3 is 20.3 Å². The van der Waals surface area contributed by atoms with Crippen LogP contribution in [0.25, 0.3) is 0 Å². The van der Waals surface area contributed by atoms with Crippen LogP contribution in [-0.4, -0.2) is 62.8 Å². The van der Waals surface area contributed by atoms with Crippen LogP contribution in [0, 0.1) is 0 Å². The maximum Gasteiger partial charge on any atom is 0.191 e. The topological polar surface area (TPSA) is 48.9 Å². The lowest BCUT2D eigenvalue weighted by atomic mass is 9.74. The van der Waals surface area contributed by atoms with E-state index in [1.807, 2.05) is 19.2 Å². The summed E-state index contributed by atoms with van der Waals surface area (Å²) in [5, 5.41) is 8.22. The van der Waals surface area contributed by atoms with Crippen molar-refractivity contribution in [2.75, 3.05) is 33.9 Å². The number of nitrogens with one attached hydrogen (secondary N) is 2. The highest BCUT2D eigenvalue weighted by molar-refractivity contribution is 6.31. The number of fused-ring (bicyclic) bond motifs is 2. The Balaban J connectivity index is 1.42. The largest absolute Gasteiger partial charge is 0.381 e. The zero-order valence-electron chi connectivity index (χ0n) is 17.8. The Morgan fingerprint density at radius 1 is 1.21 bits per heavy atom. The molecule has 3 aliphatic rings. The Kier molecular flexibility index (Phi) is 6.67. The Morgan fingerprint density at radius 3 is 2.55 bits per heavy atom. The van der Waals surface area contributed by atoms with Gasteiger partial charge in [-0.25, -0.2) is 0 Å². The molecule has 0 aromatic heterocycles. The fourth-order valence-corrected chi connectivity index (χ4v) is 5.91. The molecule has 5 nitrogen and oxygen atoms in total. The fourth-order valence-electron chi connectivity index (χ4n) is 5.57. The van der Waals surface area contributed by atoms with E-state index in [-0.39, 0.29) is 5.41 Å². The number of aliphatic imine (C=N–C) groups is 1. The van der Waals surface area contributed by atoms with E-state index in [4.69, 9.17) is 16.3 Å². The van der Waals surface area contributed by atoms with Gasteiger partial charge in [0, 0.05) is 55.4 Å². The average molecular weight is 419 g/mol. The molecular weight excluding hydrogens is 384 g/mol. The van der Waals surface area contributed by atoms with Gasteiger partial charge in [0.15, 0.2) is 5.96 Å². The molecule has 6 heteroatoms. The van der Waals surface area contributed by atoms with Crippen molar-refractivity contribution in [1.29, 1.82) is 0 Å². The van der Waals surface area contributed by atoms with Crippen LogP contribution < -0.4 is 10.6 Å². The minimum absolute atomic E-state index is 0.0164. The van der Waals surface area contributed by atoms with Crippen molar-refractivity contribution in [3.8, 4) is 0 Å². The number of nitrogens with zero attached hydrogens (tertiary/aromatic N) is 2. The van der Waals surface area contributed by atoms with E-state index in [2.05, 4.69) is 39.7 Å². The van der Waals surface area contributed by atoms with E-state index in [1.165, 1.54) is 37.7 Å². The minimum Gasteiger partial charge on any atom is -0.381 e. The molecule has 160 valence electrons. The summed E-state index contributed by atoms with van der Waals surface area (Å²) in [5.74, 6) is 0.913. The molecule has 0 spiro atoms. The highest BCUT2D eigenvalue weighted by Crippen LogP contribution is 2.38. The lowest BCUT2D eigenvalue weighted by Crippen LogP contribution is -2.57. The normalized spacial score (nSPS) is 30.0. The summed E-state index contributed by atoms with van der Waals surface area (Å²) >= 11 is 6.60. The summed E-state index contributed by atoms with van der Waals surface area (Å²) in [6.45, 7) is 2.37. The van der Waals surface area contributed by atoms with Crippen LogP contribution in [0.1, 0.15) is 50.5 Å². The molecule has 2 N–H and O–H groups in total. The minimum atomic E-state index is -0.0164. The second kappa shape index (κ2) is 9.23. The van der Waals surface area contributed by atoms with Crippen LogP contribution in [0.2, 0.25) is 5.02 Å². The van der Waals surface area contributed by atoms with Gasteiger partial charge in [0.05, 0.1) is 0 Å². The first kappa shape index (κ1) is 21.0. The van der Waals surface area contributed by atoms with Gasteiger partial charge in [-0.2, -0.15) is 0 Å². The molecule has 3 saturated heterocycles. The predicted molar refractivity (Wildman–Crippen MR) is 120 cm³/mol. The van der Waals surface area contributed by atoms with Crippen LogP contribution in [0.15, 0.2) is 29.3 Å². The quantitative estimate of drug-likeness (QED) is 0.579. The second-order valence-corrected chi connectivity index (χ2v) is 9.42. The molecule has 1 aromatic rings. The van der Waals surface area contributed by atoms with Crippen molar-refractivity contribution < 1.29 is 4.74 Å². The zero-order chi connectivity index (χ0) is 20.3. The first-order valence-electron chi connectivity index (χ1n) is 11.1. The fraction of sp³-hybridized carbons (Fsp3) is 0.696. The first-order valence-corrected chi connectivity index (χ1v) is 11.5. The summed E-state index contributed by atoms with van der Waals surface area (Å²) < 4.78 is 5.67. The molecule has 3 aliphatic heterocycles. The van der Waals surface area contributed by atoms with Gasteiger partial charge in [-0.15, -0.1) is 0 Å². The molecule has 0 saturated carbocycles. The molecule has 29 heavy (non-hydrogen) atoms. The van der Waals surface area contributed by atoms with Crippen molar-refractivity contribution >= 4 is 17.6 Å². The van der Waals surface area contributed by atoms with E-state index in [0.29, 0.717) is 18.1 Å². The molecule has 0 radical (unpaired) electrons. The average Bonchev–Trinajstić information content (AvgIpc) is 2.72. The van der Waals surface area contributed by atoms with Crippen molar-refractivity contribution in [3.05, 3.63) is 34.9 Å². The Morgan fingerprint density at radius 2 is 1.90 bits per heavy atom. The number of rotatable bonds is 4. The third kappa shape index (κ3) is 4.57. The van der Waals surface area contributed by atoms with E-state index < -0.39 is 0 Å². The molecule has 1 aromatic carbocycles. The first-order chi connectivity index (χ1) is 14.1. The summed E-state index contributed by atoms with van der Waals surface area (Å²) in [7, 11) is 4.17. The highest BCUT2D eigenvalue weighted by Gasteiger charge is 2.38. The standard InChI is InChI=1S/C23H35ClN4O/c1-25-22(27-17-14-18-6-5-7-19(15-17)28(18)2)26-16-23(10-12-29-13-11-23)20-8-3-4-9-21(20)24/h3-4,8-9,17-19H,5-7,10-16H2,1-2H3,(H2,25,26,27). The van der Waals surface area contributed by atoms with Gasteiger partial charge in [0.1, 0.15) is 0 Å². The maximum atomic E-state index is 6.60. The van der Waals surface area contributed by atoms with Crippen molar-refractivity contribution in [1.82, 2.24) is 15.5 Å². The van der Waals surface area contributed by atoms with E-state index in [0.717, 1.165) is 43.6 Å². The molecule has 0 amide bonds. The maximum absolute atomic E-state index is 6.60. The van der Waals surface area contributed by atoms with E-state index in [1.54, 1.807) is 0 Å². The Bertz CT molecular complexity index is 705. The highest BCUT2D eigenvalue weighted by atomic mass is 35.5. The molecule has 3 fully saturated rings. The van der Waals surface area contributed by atoms with Gasteiger partial charge in [-0.05, 0) is 57.2 Å². The molecule has 4 rings (SSSR count). The summed E-state index contributed by atoms with van der Waals surface area (Å²) in [5.41, 5.74) is 1.21. The van der Waals surface area contributed by atoms with Crippen LogP contribution >= 0.6 is 11.6 Å². The van der Waals surface area contributed by atoms with Crippen molar-refractivity contribution in [2.45, 2.75) is 68.5 Å². The Hall–Kier alpha value is -1.30. The number of hydrogen-bond donors (Lipinski definition) is 2.